The van der Waals surface area contributed by atoms with Gasteiger partial charge in [-0.05, 0) is 50.2 Å². The maximum Gasteiger partial charge on any atom is 0.0464 e. The standard InChI is InChI=1S/C17H20ClNS/c1-4-19-13(3)16-10-9-15(11-17(16)18)20-14-7-5-12(2)6-8-14/h5-11,13,19H,4H2,1-3H3. The van der Waals surface area contributed by atoms with Gasteiger partial charge in [0, 0.05) is 20.9 Å². The van der Waals surface area contributed by atoms with Gasteiger partial charge >= 0.3 is 0 Å². The topological polar surface area (TPSA) is 12.0 Å². The van der Waals surface area contributed by atoms with Gasteiger partial charge in [0.2, 0.25) is 0 Å². The number of benzene rings is 2. The Bertz CT molecular complexity index is 566. The van der Waals surface area contributed by atoms with Crippen molar-refractivity contribution in [2.24, 2.45) is 0 Å². The zero-order valence-corrected chi connectivity index (χ0v) is 13.7. The molecule has 1 N–H and O–H groups in total. The summed E-state index contributed by atoms with van der Waals surface area (Å²) in [5.41, 5.74) is 2.43. The van der Waals surface area contributed by atoms with Crippen molar-refractivity contribution in [3.8, 4) is 0 Å². The molecule has 0 fully saturated rings. The van der Waals surface area contributed by atoms with Gasteiger partial charge in [0.1, 0.15) is 0 Å². The molecule has 2 aromatic carbocycles. The van der Waals surface area contributed by atoms with Gasteiger partial charge in [-0.2, -0.15) is 0 Å². The Kier molecular flexibility index (Phi) is 5.53. The van der Waals surface area contributed by atoms with Crippen molar-refractivity contribution >= 4 is 23.4 Å². The first-order chi connectivity index (χ1) is 9.60. The Morgan fingerprint density at radius 3 is 2.35 bits per heavy atom. The third kappa shape index (κ3) is 4.02. The summed E-state index contributed by atoms with van der Waals surface area (Å²) in [5.74, 6) is 0. The number of hydrogen-bond acceptors (Lipinski definition) is 2. The third-order valence-electron chi connectivity index (χ3n) is 3.21. The molecule has 1 unspecified atom stereocenters. The van der Waals surface area contributed by atoms with E-state index in [4.69, 9.17) is 11.6 Å². The Labute approximate surface area is 130 Å². The fraction of sp³-hybridized carbons (Fsp3) is 0.294. The summed E-state index contributed by atoms with van der Waals surface area (Å²) in [6.07, 6.45) is 0. The molecule has 1 nitrogen and oxygen atoms in total. The number of aryl methyl sites for hydroxylation is 1. The highest BCUT2D eigenvalue weighted by Gasteiger charge is 2.09. The van der Waals surface area contributed by atoms with Gasteiger partial charge in [0.25, 0.3) is 0 Å². The van der Waals surface area contributed by atoms with E-state index in [0.29, 0.717) is 0 Å². The summed E-state index contributed by atoms with van der Waals surface area (Å²) < 4.78 is 0. The second-order valence-electron chi connectivity index (χ2n) is 4.88. The van der Waals surface area contributed by atoms with Crippen LogP contribution in [0.15, 0.2) is 52.3 Å². The van der Waals surface area contributed by atoms with Gasteiger partial charge in [-0.3, -0.25) is 0 Å². The van der Waals surface area contributed by atoms with Crippen molar-refractivity contribution in [1.82, 2.24) is 5.32 Å². The molecule has 2 rings (SSSR count). The van der Waals surface area contributed by atoms with Crippen molar-refractivity contribution in [2.45, 2.75) is 36.6 Å². The first-order valence-corrected chi connectivity index (χ1v) is 8.07. The molecule has 0 saturated carbocycles. The second-order valence-corrected chi connectivity index (χ2v) is 6.43. The van der Waals surface area contributed by atoms with Crippen LogP contribution < -0.4 is 5.32 Å². The van der Waals surface area contributed by atoms with Crippen molar-refractivity contribution in [2.75, 3.05) is 6.54 Å². The fourth-order valence-corrected chi connectivity index (χ4v) is 3.35. The van der Waals surface area contributed by atoms with E-state index in [0.717, 1.165) is 17.1 Å². The molecule has 1 atom stereocenters. The van der Waals surface area contributed by atoms with Gasteiger partial charge in [-0.15, -0.1) is 0 Å². The lowest BCUT2D eigenvalue weighted by Crippen LogP contribution is -2.17. The summed E-state index contributed by atoms with van der Waals surface area (Å²) in [6.45, 7) is 7.28. The van der Waals surface area contributed by atoms with Crippen LogP contribution in [-0.4, -0.2) is 6.54 Å². The molecule has 3 heteroatoms. The average Bonchev–Trinajstić information content (AvgIpc) is 2.42. The van der Waals surface area contributed by atoms with Crippen LogP contribution in [0.4, 0.5) is 0 Å². The summed E-state index contributed by atoms with van der Waals surface area (Å²) >= 11 is 8.14. The Morgan fingerprint density at radius 2 is 1.75 bits per heavy atom. The van der Waals surface area contributed by atoms with Crippen LogP contribution in [0.3, 0.4) is 0 Å². The second kappa shape index (κ2) is 7.16. The SMILES string of the molecule is CCNC(C)c1ccc(Sc2ccc(C)cc2)cc1Cl. The molecular formula is C17H20ClNS. The third-order valence-corrected chi connectivity index (χ3v) is 4.53. The quantitative estimate of drug-likeness (QED) is 0.786. The molecule has 0 aliphatic rings. The monoisotopic (exact) mass is 305 g/mol. The molecule has 0 heterocycles. The van der Waals surface area contributed by atoms with Crippen LogP contribution in [-0.2, 0) is 0 Å². The molecule has 0 radical (unpaired) electrons. The van der Waals surface area contributed by atoms with E-state index in [-0.39, 0.29) is 6.04 Å². The number of hydrogen-bond donors (Lipinski definition) is 1. The van der Waals surface area contributed by atoms with E-state index < -0.39 is 0 Å². The summed E-state index contributed by atoms with van der Waals surface area (Å²) in [6, 6.07) is 15.1. The zero-order chi connectivity index (χ0) is 14.5. The van der Waals surface area contributed by atoms with Crippen molar-refractivity contribution in [3.05, 3.63) is 58.6 Å². The summed E-state index contributed by atoms with van der Waals surface area (Å²) in [4.78, 5) is 2.41. The highest BCUT2D eigenvalue weighted by Crippen LogP contribution is 2.32. The summed E-state index contributed by atoms with van der Waals surface area (Å²) in [7, 11) is 0. The minimum Gasteiger partial charge on any atom is -0.310 e. The molecule has 20 heavy (non-hydrogen) atoms. The predicted octanol–water partition coefficient (Wildman–Crippen LogP) is 5.47. The number of halogens is 1. The van der Waals surface area contributed by atoms with Gasteiger partial charge in [-0.1, -0.05) is 54.0 Å². The molecule has 0 spiro atoms. The number of nitrogens with one attached hydrogen (secondary N) is 1. The average molecular weight is 306 g/mol. The van der Waals surface area contributed by atoms with Gasteiger partial charge in [0.15, 0.2) is 0 Å². The molecule has 0 amide bonds. The van der Waals surface area contributed by atoms with E-state index in [1.807, 2.05) is 0 Å². The molecule has 0 bridgehead atoms. The minimum atomic E-state index is 0.283. The molecular weight excluding hydrogens is 286 g/mol. The van der Waals surface area contributed by atoms with Crippen LogP contribution >= 0.6 is 23.4 Å². The molecule has 2 aromatic rings. The molecule has 0 aromatic heterocycles. The Hall–Kier alpha value is -0.960. The van der Waals surface area contributed by atoms with Gasteiger partial charge in [0.05, 0.1) is 0 Å². The van der Waals surface area contributed by atoms with Gasteiger partial charge < -0.3 is 5.32 Å². The smallest absolute Gasteiger partial charge is 0.0464 e. The first-order valence-electron chi connectivity index (χ1n) is 6.87. The van der Waals surface area contributed by atoms with E-state index >= 15 is 0 Å². The van der Waals surface area contributed by atoms with Gasteiger partial charge in [-0.25, -0.2) is 0 Å². The van der Waals surface area contributed by atoms with Crippen LogP contribution in [0.5, 0.6) is 0 Å². The van der Waals surface area contributed by atoms with Crippen molar-refractivity contribution in [1.29, 1.82) is 0 Å². The first kappa shape index (κ1) is 15.4. The van der Waals surface area contributed by atoms with Crippen molar-refractivity contribution in [3.63, 3.8) is 0 Å². The van der Waals surface area contributed by atoms with Crippen LogP contribution in [0, 0.1) is 6.92 Å². The maximum absolute atomic E-state index is 6.40. The zero-order valence-electron chi connectivity index (χ0n) is 12.1. The van der Waals surface area contributed by atoms with Crippen LogP contribution in [0.2, 0.25) is 5.02 Å². The van der Waals surface area contributed by atoms with Crippen LogP contribution in [0.1, 0.15) is 31.0 Å². The highest BCUT2D eigenvalue weighted by molar-refractivity contribution is 7.99. The van der Waals surface area contributed by atoms with E-state index in [2.05, 4.69) is 68.6 Å². The molecule has 0 aliphatic heterocycles. The minimum absolute atomic E-state index is 0.283. The normalized spacial score (nSPS) is 12.4. The molecule has 0 aliphatic carbocycles. The Balaban J connectivity index is 2.14. The maximum atomic E-state index is 6.40. The van der Waals surface area contributed by atoms with E-state index in [1.165, 1.54) is 15.4 Å². The number of rotatable bonds is 5. The molecule has 106 valence electrons. The molecule has 0 saturated heterocycles. The lowest BCUT2D eigenvalue weighted by atomic mass is 10.1. The highest BCUT2D eigenvalue weighted by atomic mass is 35.5. The van der Waals surface area contributed by atoms with Crippen molar-refractivity contribution < 1.29 is 0 Å². The fourth-order valence-electron chi connectivity index (χ4n) is 2.08. The van der Waals surface area contributed by atoms with Crippen LogP contribution in [0.25, 0.3) is 0 Å². The van der Waals surface area contributed by atoms with E-state index in [1.54, 1.807) is 11.8 Å². The largest absolute Gasteiger partial charge is 0.310 e. The Morgan fingerprint density at radius 1 is 1.10 bits per heavy atom. The predicted molar refractivity (Wildman–Crippen MR) is 88.8 cm³/mol. The lowest BCUT2D eigenvalue weighted by molar-refractivity contribution is 0.598. The lowest BCUT2D eigenvalue weighted by Gasteiger charge is -2.15. The van der Waals surface area contributed by atoms with E-state index in [9.17, 15) is 0 Å². The summed E-state index contributed by atoms with van der Waals surface area (Å²) in [5, 5.41) is 4.22.